The van der Waals surface area contributed by atoms with Crippen LogP contribution in [-0.2, 0) is 0 Å². The van der Waals surface area contributed by atoms with Crippen LogP contribution in [0.3, 0.4) is 0 Å². The van der Waals surface area contributed by atoms with E-state index in [1.807, 2.05) is 0 Å². The van der Waals surface area contributed by atoms with Crippen molar-refractivity contribution in [2.24, 2.45) is 0 Å². The molecule has 1 heterocycles. The maximum Gasteiger partial charge on any atom is 0.293 e. The van der Waals surface area contributed by atoms with Crippen molar-refractivity contribution >= 4 is 40.5 Å². The number of halogens is 2. The monoisotopic (exact) mass is 390 g/mol. The zero-order valence-corrected chi connectivity index (χ0v) is 15.0. The minimum absolute atomic E-state index is 0.00841. The van der Waals surface area contributed by atoms with E-state index in [1.165, 1.54) is 18.2 Å². The molecule has 6 nitrogen and oxygen atoms in total. The summed E-state index contributed by atoms with van der Waals surface area (Å²) in [5.74, 6) is -0.256. The zero-order valence-electron chi connectivity index (χ0n) is 13.5. The lowest BCUT2D eigenvalue weighted by Gasteiger charge is -2.05. The summed E-state index contributed by atoms with van der Waals surface area (Å²) < 4.78 is 5.54. The van der Waals surface area contributed by atoms with Gasteiger partial charge in [-0.05, 0) is 48.9 Å². The molecule has 0 spiro atoms. The Hall–Kier alpha value is -2.83. The first-order valence-electron chi connectivity index (χ1n) is 7.47. The van der Waals surface area contributed by atoms with E-state index in [9.17, 15) is 14.9 Å². The summed E-state index contributed by atoms with van der Waals surface area (Å²) >= 11 is 12.1. The number of furan rings is 1. The normalized spacial score (nSPS) is 10.6. The number of anilines is 1. The number of carbonyl (C=O) groups excluding carboxylic acids is 1. The highest BCUT2D eigenvalue weighted by atomic mass is 35.5. The molecular weight excluding hydrogens is 379 g/mol. The smallest absolute Gasteiger partial charge is 0.293 e. The highest BCUT2D eigenvalue weighted by molar-refractivity contribution is 6.35. The Kier molecular flexibility index (Phi) is 4.97. The van der Waals surface area contributed by atoms with Gasteiger partial charge in [-0.3, -0.25) is 14.9 Å². The fraction of sp³-hybridized carbons (Fsp3) is 0.0556. The highest BCUT2D eigenvalue weighted by Crippen LogP contribution is 2.32. The molecular formula is C18H12Cl2N2O4. The van der Waals surface area contributed by atoms with Crippen molar-refractivity contribution < 1.29 is 14.1 Å². The number of nitrogens with one attached hydrogen (secondary N) is 1. The van der Waals surface area contributed by atoms with Crippen molar-refractivity contribution in [1.82, 2.24) is 0 Å². The van der Waals surface area contributed by atoms with Crippen LogP contribution in [0.25, 0.3) is 11.3 Å². The number of nitro groups is 1. The van der Waals surface area contributed by atoms with E-state index in [2.05, 4.69) is 5.32 Å². The minimum atomic E-state index is -0.610. The van der Waals surface area contributed by atoms with Crippen molar-refractivity contribution in [3.05, 3.63) is 80.0 Å². The van der Waals surface area contributed by atoms with E-state index in [0.717, 1.165) is 0 Å². The van der Waals surface area contributed by atoms with Gasteiger partial charge in [0.1, 0.15) is 11.4 Å². The van der Waals surface area contributed by atoms with Crippen molar-refractivity contribution in [2.75, 3.05) is 5.32 Å². The summed E-state index contributed by atoms with van der Waals surface area (Å²) in [4.78, 5) is 23.0. The van der Waals surface area contributed by atoms with Crippen LogP contribution in [0.4, 0.5) is 11.4 Å². The van der Waals surface area contributed by atoms with Crippen LogP contribution in [0.5, 0.6) is 0 Å². The lowest BCUT2D eigenvalue weighted by atomic mass is 10.2. The average molecular weight is 391 g/mol. The third kappa shape index (κ3) is 3.71. The van der Waals surface area contributed by atoms with Gasteiger partial charge in [0, 0.05) is 16.7 Å². The molecule has 1 aromatic heterocycles. The molecule has 2 aromatic carbocycles. The van der Waals surface area contributed by atoms with Gasteiger partial charge in [0.2, 0.25) is 0 Å². The predicted molar refractivity (Wildman–Crippen MR) is 100.0 cm³/mol. The second kappa shape index (κ2) is 7.19. The van der Waals surface area contributed by atoms with Crippen LogP contribution < -0.4 is 5.32 Å². The summed E-state index contributed by atoms with van der Waals surface area (Å²) in [6.45, 7) is 1.73. The Labute approximate surface area is 158 Å². The van der Waals surface area contributed by atoms with Crippen molar-refractivity contribution in [2.45, 2.75) is 6.92 Å². The molecule has 8 heteroatoms. The van der Waals surface area contributed by atoms with Crippen LogP contribution >= 0.6 is 23.2 Å². The molecule has 132 valence electrons. The Morgan fingerprint density at radius 2 is 1.88 bits per heavy atom. The molecule has 0 bridgehead atoms. The first-order chi connectivity index (χ1) is 12.3. The minimum Gasteiger partial charge on any atom is -0.451 e. The number of carbonyl (C=O) groups is 1. The maximum absolute atomic E-state index is 12.4. The number of amides is 1. The first kappa shape index (κ1) is 18.0. The molecule has 3 aromatic rings. The average Bonchev–Trinajstić information content (AvgIpc) is 3.08. The number of aryl methyl sites for hydroxylation is 1. The van der Waals surface area contributed by atoms with Gasteiger partial charge in [-0.1, -0.05) is 29.3 Å². The second-order valence-corrected chi connectivity index (χ2v) is 6.36. The molecule has 0 saturated carbocycles. The number of benzene rings is 2. The van der Waals surface area contributed by atoms with Crippen molar-refractivity contribution in [1.29, 1.82) is 0 Å². The molecule has 1 N–H and O–H groups in total. The third-order valence-corrected chi connectivity index (χ3v) is 4.19. The van der Waals surface area contributed by atoms with E-state index >= 15 is 0 Å². The quantitative estimate of drug-likeness (QED) is 0.455. The van der Waals surface area contributed by atoms with Gasteiger partial charge in [-0.25, -0.2) is 0 Å². The SMILES string of the molecule is Cc1ccc(NC(=O)c2ccc(-c3cc(Cl)ccc3Cl)o2)c([N+](=O)[O-])c1. The van der Waals surface area contributed by atoms with Gasteiger partial charge >= 0.3 is 0 Å². The first-order valence-corrected chi connectivity index (χ1v) is 8.22. The summed E-state index contributed by atoms with van der Waals surface area (Å²) in [5.41, 5.74) is 1.15. The molecule has 3 rings (SSSR count). The molecule has 26 heavy (non-hydrogen) atoms. The number of nitro benzene ring substituents is 1. The molecule has 1 amide bonds. The second-order valence-electron chi connectivity index (χ2n) is 5.52. The topological polar surface area (TPSA) is 85.4 Å². The summed E-state index contributed by atoms with van der Waals surface area (Å²) in [6, 6.07) is 12.4. The van der Waals surface area contributed by atoms with E-state index in [1.54, 1.807) is 37.3 Å². The van der Waals surface area contributed by atoms with E-state index < -0.39 is 10.8 Å². The number of rotatable bonds is 4. The Morgan fingerprint density at radius 1 is 1.12 bits per heavy atom. The number of hydrogen-bond acceptors (Lipinski definition) is 4. The summed E-state index contributed by atoms with van der Waals surface area (Å²) in [7, 11) is 0. The molecule has 0 aliphatic heterocycles. The van der Waals surface area contributed by atoms with Crippen LogP contribution in [0.2, 0.25) is 10.0 Å². The lowest BCUT2D eigenvalue weighted by Crippen LogP contribution is -2.12. The Morgan fingerprint density at radius 3 is 2.62 bits per heavy atom. The zero-order chi connectivity index (χ0) is 18.8. The van der Waals surface area contributed by atoms with Crippen LogP contribution in [0.1, 0.15) is 16.1 Å². The van der Waals surface area contributed by atoms with Crippen LogP contribution in [-0.4, -0.2) is 10.8 Å². The fourth-order valence-electron chi connectivity index (χ4n) is 2.37. The van der Waals surface area contributed by atoms with E-state index in [-0.39, 0.29) is 17.1 Å². The highest BCUT2D eigenvalue weighted by Gasteiger charge is 2.19. The molecule has 0 saturated heterocycles. The van der Waals surface area contributed by atoms with Gasteiger partial charge < -0.3 is 9.73 Å². The predicted octanol–water partition coefficient (Wildman–Crippen LogP) is 5.72. The molecule has 0 fully saturated rings. The molecule has 0 unspecified atom stereocenters. The number of hydrogen-bond donors (Lipinski definition) is 1. The fourth-order valence-corrected chi connectivity index (χ4v) is 2.76. The third-order valence-electron chi connectivity index (χ3n) is 3.62. The van der Waals surface area contributed by atoms with Crippen molar-refractivity contribution in [3.8, 4) is 11.3 Å². The molecule has 0 aliphatic carbocycles. The summed E-state index contributed by atoms with van der Waals surface area (Å²) in [5, 5.41) is 14.5. The standard InChI is InChI=1S/C18H12Cl2N2O4/c1-10-2-5-14(15(8-10)22(24)25)21-18(23)17-7-6-16(26-17)12-9-11(19)3-4-13(12)20/h2-9H,1H3,(H,21,23). The largest absolute Gasteiger partial charge is 0.451 e. The van der Waals surface area contributed by atoms with Crippen molar-refractivity contribution in [3.63, 3.8) is 0 Å². The van der Waals surface area contributed by atoms with Gasteiger partial charge in [-0.2, -0.15) is 0 Å². The molecule has 0 atom stereocenters. The Bertz CT molecular complexity index is 1010. The number of nitrogens with zero attached hydrogens (tertiary/aromatic N) is 1. The molecule has 0 radical (unpaired) electrons. The molecule has 0 aliphatic rings. The van der Waals surface area contributed by atoms with Crippen LogP contribution in [0.15, 0.2) is 52.9 Å². The van der Waals surface area contributed by atoms with Crippen LogP contribution in [0, 0.1) is 17.0 Å². The maximum atomic E-state index is 12.4. The van der Waals surface area contributed by atoms with E-state index in [0.29, 0.717) is 26.9 Å². The van der Waals surface area contributed by atoms with Gasteiger partial charge in [0.05, 0.1) is 9.95 Å². The summed E-state index contributed by atoms with van der Waals surface area (Å²) in [6.07, 6.45) is 0. The van der Waals surface area contributed by atoms with Gasteiger partial charge in [-0.15, -0.1) is 0 Å². The van der Waals surface area contributed by atoms with Gasteiger partial charge in [0.25, 0.3) is 11.6 Å². The van der Waals surface area contributed by atoms with E-state index in [4.69, 9.17) is 27.6 Å². The van der Waals surface area contributed by atoms with Gasteiger partial charge in [0.15, 0.2) is 5.76 Å². The lowest BCUT2D eigenvalue weighted by molar-refractivity contribution is -0.384. The Balaban J connectivity index is 1.88.